The molecule has 7 rings (SSSR count). The van der Waals surface area contributed by atoms with Crippen molar-refractivity contribution in [1.82, 2.24) is 24.5 Å². The summed E-state index contributed by atoms with van der Waals surface area (Å²) in [5.41, 5.74) is 3.96. The Labute approximate surface area is 245 Å². The number of carbonyl (C=O) groups excluding carboxylic acids is 2. The molecule has 1 aromatic carbocycles. The molecular formula is C33H47N5O3. The molecule has 2 amide bonds. The largest absolute Gasteiger partial charge is 0.450 e. The summed E-state index contributed by atoms with van der Waals surface area (Å²) in [6, 6.07) is 11.5. The van der Waals surface area contributed by atoms with E-state index < -0.39 is 0 Å². The van der Waals surface area contributed by atoms with Gasteiger partial charge in [-0.3, -0.25) is 9.48 Å². The Morgan fingerprint density at radius 1 is 1.07 bits per heavy atom. The first-order chi connectivity index (χ1) is 19.6. The highest BCUT2D eigenvalue weighted by atomic mass is 16.6. The number of fused-ring (bicyclic) bond motifs is 6. The SMILES string of the molecule is CCOC(=O)N1CC2CCC1CC(N1CCC3(CC1)CN(C(=O)c1cc(C)nn1C(C)(C)C)Cc1ccccc13)C2. The summed E-state index contributed by atoms with van der Waals surface area (Å²) < 4.78 is 7.31. The third-order valence-corrected chi connectivity index (χ3v) is 10.1. The zero-order valence-corrected chi connectivity index (χ0v) is 25.6. The van der Waals surface area contributed by atoms with Crippen LogP contribution in [0.15, 0.2) is 30.3 Å². The second-order valence-electron chi connectivity index (χ2n) is 14.0. The van der Waals surface area contributed by atoms with Gasteiger partial charge in [0, 0.05) is 37.1 Å². The fourth-order valence-electron chi connectivity index (χ4n) is 8.16. The monoisotopic (exact) mass is 561 g/mol. The minimum Gasteiger partial charge on any atom is -0.450 e. The number of hydrogen-bond donors (Lipinski definition) is 0. The molecule has 3 unspecified atom stereocenters. The third kappa shape index (κ3) is 5.28. The van der Waals surface area contributed by atoms with Gasteiger partial charge in [0.2, 0.25) is 0 Å². The van der Waals surface area contributed by atoms with E-state index in [2.05, 4.69) is 59.9 Å². The highest BCUT2D eigenvalue weighted by molar-refractivity contribution is 5.93. The van der Waals surface area contributed by atoms with Gasteiger partial charge in [-0.15, -0.1) is 0 Å². The molecule has 8 heteroatoms. The van der Waals surface area contributed by atoms with Crippen LogP contribution in [0.5, 0.6) is 0 Å². The van der Waals surface area contributed by atoms with Gasteiger partial charge in [0.15, 0.2) is 0 Å². The van der Waals surface area contributed by atoms with Gasteiger partial charge in [-0.2, -0.15) is 5.10 Å². The van der Waals surface area contributed by atoms with E-state index in [-0.39, 0.29) is 29.0 Å². The minimum atomic E-state index is -0.267. The Bertz CT molecular complexity index is 1290. The molecule has 2 aromatic rings. The van der Waals surface area contributed by atoms with Crippen molar-refractivity contribution < 1.29 is 14.3 Å². The van der Waals surface area contributed by atoms with Crippen molar-refractivity contribution >= 4 is 12.0 Å². The van der Waals surface area contributed by atoms with Crippen LogP contribution >= 0.6 is 0 Å². The number of rotatable bonds is 3. The molecule has 4 fully saturated rings. The molecule has 41 heavy (non-hydrogen) atoms. The van der Waals surface area contributed by atoms with Crippen molar-refractivity contribution in [2.45, 2.75) is 103 Å². The molecule has 5 heterocycles. The van der Waals surface area contributed by atoms with Crippen molar-refractivity contribution in [3.63, 3.8) is 0 Å². The first kappa shape index (κ1) is 28.3. The van der Waals surface area contributed by atoms with E-state index in [4.69, 9.17) is 4.74 Å². The van der Waals surface area contributed by atoms with Crippen LogP contribution in [0.2, 0.25) is 0 Å². The maximum Gasteiger partial charge on any atom is 0.410 e. The standard InChI is InChI=1S/C33H47N5O3/c1-6-41-31(40)37-20-24-11-12-26(37)19-27(18-24)35-15-13-33(14-16-35)22-36(21-25-9-7-8-10-28(25)33)30(39)29-17-23(2)34-38(29)32(3,4)5/h7-10,17,24,26-27H,6,11-16,18-22H2,1-5H3. The van der Waals surface area contributed by atoms with Crippen molar-refractivity contribution in [2.75, 3.05) is 32.8 Å². The molecule has 5 aliphatic rings. The number of ether oxygens (including phenoxy) is 1. The molecule has 1 spiro atoms. The van der Waals surface area contributed by atoms with Gasteiger partial charge in [-0.25, -0.2) is 4.79 Å². The van der Waals surface area contributed by atoms with E-state index in [1.807, 2.05) is 29.5 Å². The molecule has 222 valence electrons. The Kier molecular flexibility index (Phi) is 7.41. The van der Waals surface area contributed by atoms with Crippen molar-refractivity contribution in [1.29, 1.82) is 0 Å². The van der Waals surface area contributed by atoms with Gasteiger partial charge in [0.25, 0.3) is 5.91 Å². The second kappa shape index (κ2) is 10.8. The number of likely N-dealkylation sites (tertiary alicyclic amines) is 1. The van der Waals surface area contributed by atoms with Crippen LogP contribution in [0.4, 0.5) is 4.79 Å². The number of hydrogen-bond acceptors (Lipinski definition) is 5. The molecular weight excluding hydrogens is 514 g/mol. The molecule has 0 N–H and O–H groups in total. The van der Waals surface area contributed by atoms with Gasteiger partial charge in [-0.1, -0.05) is 24.3 Å². The lowest BCUT2D eigenvalue weighted by molar-refractivity contribution is 0.0474. The lowest BCUT2D eigenvalue weighted by Gasteiger charge is -2.50. The van der Waals surface area contributed by atoms with Gasteiger partial charge >= 0.3 is 6.09 Å². The molecule has 3 saturated heterocycles. The summed E-state index contributed by atoms with van der Waals surface area (Å²) in [4.78, 5) is 33.6. The van der Waals surface area contributed by atoms with Gasteiger partial charge in [0.05, 0.1) is 17.8 Å². The zero-order chi connectivity index (χ0) is 28.9. The molecule has 1 aromatic heterocycles. The average molecular weight is 562 g/mol. The summed E-state index contributed by atoms with van der Waals surface area (Å²) in [5, 5.41) is 4.69. The van der Waals surface area contributed by atoms with Crippen LogP contribution in [0, 0.1) is 12.8 Å². The number of nitrogens with zero attached hydrogens (tertiary/aromatic N) is 5. The summed E-state index contributed by atoms with van der Waals surface area (Å²) in [6.07, 6.45) is 6.46. The number of piperidine rings is 2. The Morgan fingerprint density at radius 2 is 1.83 bits per heavy atom. The van der Waals surface area contributed by atoms with Crippen LogP contribution in [0.1, 0.15) is 93.5 Å². The quantitative estimate of drug-likeness (QED) is 0.506. The predicted octanol–water partition coefficient (Wildman–Crippen LogP) is 5.34. The summed E-state index contributed by atoms with van der Waals surface area (Å²) >= 11 is 0. The molecule has 3 atom stereocenters. The van der Waals surface area contributed by atoms with E-state index >= 15 is 0 Å². The highest BCUT2D eigenvalue weighted by Gasteiger charge is 2.46. The molecule has 1 aliphatic carbocycles. The average Bonchev–Trinajstić information content (AvgIpc) is 3.12. The van der Waals surface area contributed by atoms with Crippen molar-refractivity contribution in [3.05, 3.63) is 52.8 Å². The van der Waals surface area contributed by atoms with Crippen LogP contribution in [0.3, 0.4) is 0 Å². The zero-order valence-electron chi connectivity index (χ0n) is 25.6. The van der Waals surface area contributed by atoms with Gasteiger partial charge in [0.1, 0.15) is 5.69 Å². The van der Waals surface area contributed by atoms with E-state index in [0.29, 0.717) is 30.8 Å². The van der Waals surface area contributed by atoms with Crippen LogP contribution in [0.25, 0.3) is 0 Å². The molecule has 1 saturated carbocycles. The number of aromatic nitrogens is 2. The Balaban J connectivity index is 1.21. The highest BCUT2D eigenvalue weighted by Crippen LogP contribution is 2.44. The Hall–Kier alpha value is -2.87. The number of benzene rings is 1. The molecule has 0 radical (unpaired) electrons. The normalized spacial score (nSPS) is 26.1. The van der Waals surface area contributed by atoms with E-state index in [0.717, 1.165) is 64.0 Å². The van der Waals surface area contributed by atoms with Crippen molar-refractivity contribution in [3.8, 4) is 0 Å². The fraction of sp³-hybridized carbons (Fsp3) is 0.667. The van der Waals surface area contributed by atoms with Gasteiger partial charge < -0.3 is 19.4 Å². The summed E-state index contributed by atoms with van der Waals surface area (Å²) in [5.74, 6) is 0.634. The smallest absolute Gasteiger partial charge is 0.410 e. The minimum absolute atomic E-state index is 0.0384. The lowest BCUT2D eigenvalue weighted by Crippen LogP contribution is -2.55. The van der Waals surface area contributed by atoms with Crippen LogP contribution in [-0.4, -0.2) is 81.4 Å². The molecule has 2 bridgehead atoms. The van der Waals surface area contributed by atoms with Crippen LogP contribution in [-0.2, 0) is 22.2 Å². The number of amides is 2. The van der Waals surface area contributed by atoms with E-state index in [1.165, 1.54) is 17.5 Å². The topological polar surface area (TPSA) is 70.9 Å². The molecule has 8 nitrogen and oxygen atoms in total. The maximum atomic E-state index is 14.1. The third-order valence-electron chi connectivity index (χ3n) is 10.1. The van der Waals surface area contributed by atoms with Gasteiger partial charge in [-0.05, 0) is 109 Å². The first-order valence-electron chi connectivity index (χ1n) is 15.7. The number of carbonyl (C=O) groups is 2. The Morgan fingerprint density at radius 3 is 2.56 bits per heavy atom. The van der Waals surface area contributed by atoms with E-state index in [1.54, 1.807) is 0 Å². The van der Waals surface area contributed by atoms with Crippen molar-refractivity contribution in [2.24, 2.45) is 5.92 Å². The molecule has 4 aliphatic heterocycles. The van der Waals surface area contributed by atoms with Crippen LogP contribution < -0.4 is 0 Å². The predicted molar refractivity (Wildman–Crippen MR) is 159 cm³/mol. The summed E-state index contributed by atoms with van der Waals surface area (Å²) in [7, 11) is 0. The fourth-order valence-corrected chi connectivity index (χ4v) is 8.16. The lowest BCUT2D eigenvalue weighted by atomic mass is 9.68. The second-order valence-corrected chi connectivity index (χ2v) is 14.0. The number of aryl methyl sites for hydroxylation is 1. The van der Waals surface area contributed by atoms with E-state index in [9.17, 15) is 9.59 Å². The first-order valence-corrected chi connectivity index (χ1v) is 15.7. The summed E-state index contributed by atoms with van der Waals surface area (Å²) in [6.45, 7) is 14.9. The maximum absolute atomic E-state index is 14.1.